The molecule has 0 aliphatic heterocycles. The molecule has 2 aromatic rings. The minimum Gasteiger partial charge on any atom is -0.490 e. The van der Waals surface area contributed by atoms with Crippen LogP contribution >= 0.6 is 0 Å². The SMILES string of the molecule is COc1ccc2c(cc(C)n2CC(F)(F)F)c1[N+](=O)[O-]. The zero-order valence-electron chi connectivity index (χ0n) is 10.7. The molecule has 0 bridgehead atoms. The first-order valence-corrected chi connectivity index (χ1v) is 5.62. The van der Waals surface area contributed by atoms with Gasteiger partial charge >= 0.3 is 11.9 Å². The average molecular weight is 288 g/mol. The van der Waals surface area contributed by atoms with E-state index in [9.17, 15) is 23.3 Å². The summed E-state index contributed by atoms with van der Waals surface area (Å²) in [4.78, 5) is 10.4. The molecule has 0 amide bonds. The number of aromatic nitrogens is 1. The highest BCUT2D eigenvalue weighted by molar-refractivity contribution is 5.93. The maximum Gasteiger partial charge on any atom is 0.406 e. The molecule has 5 nitrogen and oxygen atoms in total. The molecule has 0 aliphatic carbocycles. The molecule has 0 spiro atoms. The molecule has 0 aliphatic rings. The summed E-state index contributed by atoms with van der Waals surface area (Å²) in [7, 11) is 1.27. The lowest BCUT2D eigenvalue weighted by molar-refractivity contribution is -0.383. The van der Waals surface area contributed by atoms with Gasteiger partial charge in [0, 0.05) is 5.69 Å². The number of nitrogens with zero attached hydrogens (tertiary/aromatic N) is 2. The van der Waals surface area contributed by atoms with Crippen LogP contribution in [0.3, 0.4) is 0 Å². The Kier molecular flexibility index (Phi) is 3.33. The number of nitro benzene ring substituents is 1. The molecule has 0 saturated heterocycles. The quantitative estimate of drug-likeness (QED) is 0.642. The molecule has 0 saturated carbocycles. The monoisotopic (exact) mass is 288 g/mol. The first kappa shape index (κ1) is 14.2. The summed E-state index contributed by atoms with van der Waals surface area (Å²) in [5.41, 5.74) is 0.134. The zero-order chi connectivity index (χ0) is 15.1. The first-order chi connectivity index (χ1) is 9.24. The van der Waals surface area contributed by atoms with Crippen molar-refractivity contribution in [1.29, 1.82) is 0 Å². The Morgan fingerprint density at radius 2 is 2.05 bits per heavy atom. The van der Waals surface area contributed by atoms with Gasteiger partial charge in [0.1, 0.15) is 6.54 Å². The summed E-state index contributed by atoms with van der Waals surface area (Å²) in [5, 5.41) is 11.2. The molecule has 0 fully saturated rings. The summed E-state index contributed by atoms with van der Waals surface area (Å²) in [5.74, 6) is 0.0201. The number of methoxy groups -OCH3 is 1. The predicted molar refractivity (Wildman–Crippen MR) is 65.9 cm³/mol. The highest BCUT2D eigenvalue weighted by Gasteiger charge is 2.31. The topological polar surface area (TPSA) is 57.3 Å². The molecule has 1 aromatic heterocycles. The van der Waals surface area contributed by atoms with E-state index in [2.05, 4.69) is 0 Å². The fraction of sp³-hybridized carbons (Fsp3) is 0.333. The summed E-state index contributed by atoms with van der Waals surface area (Å²) < 4.78 is 43.5. The van der Waals surface area contributed by atoms with Crippen LogP contribution in [0, 0.1) is 17.0 Å². The van der Waals surface area contributed by atoms with Gasteiger partial charge in [-0.05, 0) is 25.1 Å². The highest BCUT2D eigenvalue weighted by Crippen LogP contribution is 2.37. The van der Waals surface area contributed by atoms with Crippen LogP contribution in [0.5, 0.6) is 5.75 Å². The molecule has 1 heterocycles. The Balaban J connectivity index is 2.73. The van der Waals surface area contributed by atoms with Gasteiger partial charge in [-0.25, -0.2) is 0 Å². The number of rotatable bonds is 3. The van der Waals surface area contributed by atoms with Crippen molar-refractivity contribution in [1.82, 2.24) is 4.57 Å². The van der Waals surface area contributed by atoms with E-state index in [1.165, 1.54) is 32.2 Å². The van der Waals surface area contributed by atoms with Gasteiger partial charge in [-0.3, -0.25) is 10.1 Å². The van der Waals surface area contributed by atoms with E-state index < -0.39 is 17.6 Å². The van der Waals surface area contributed by atoms with Gasteiger partial charge in [-0.15, -0.1) is 0 Å². The average Bonchev–Trinajstić information content (AvgIpc) is 2.62. The summed E-state index contributed by atoms with van der Waals surface area (Å²) in [6.07, 6.45) is -4.40. The number of fused-ring (bicyclic) bond motifs is 1. The van der Waals surface area contributed by atoms with Crippen LogP contribution in [0.25, 0.3) is 10.9 Å². The lowest BCUT2D eigenvalue weighted by Crippen LogP contribution is -2.18. The molecule has 0 unspecified atom stereocenters. The van der Waals surface area contributed by atoms with E-state index >= 15 is 0 Å². The fourth-order valence-electron chi connectivity index (χ4n) is 2.17. The van der Waals surface area contributed by atoms with Crippen molar-refractivity contribution in [2.75, 3.05) is 7.11 Å². The van der Waals surface area contributed by atoms with Crippen LogP contribution in [0.2, 0.25) is 0 Å². The van der Waals surface area contributed by atoms with E-state index in [1.54, 1.807) is 0 Å². The molecule has 20 heavy (non-hydrogen) atoms. The van der Waals surface area contributed by atoms with Crippen molar-refractivity contribution >= 4 is 16.6 Å². The Bertz CT molecular complexity index is 677. The standard InChI is InChI=1S/C12H11F3N2O3/c1-7-5-8-9(16(7)6-12(13,14)15)3-4-10(20-2)11(8)17(18)19/h3-5H,6H2,1-2H3. The number of alkyl halides is 3. The smallest absolute Gasteiger partial charge is 0.406 e. The molecule has 0 atom stereocenters. The van der Waals surface area contributed by atoms with E-state index in [4.69, 9.17) is 4.74 Å². The van der Waals surface area contributed by atoms with Gasteiger partial charge in [-0.2, -0.15) is 13.2 Å². The van der Waals surface area contributed by atoms with Crippen LogP contribution in [0.15, 0.2) is 18.2 Å². The number of hydrogen-bond donors (Lipinski definition) is 0. The molecule has 108 valence electrons. The lowest BCUT2D eigenvalue weighted by atomic mass is 10.2. The van der Waals surface area contributed by atoms with Crippen LogP contribution < -0.4 is 4.74 Å². The number of halogens is 3. The van der Waals surface area contributed by atoms with Crippen molar-refractivity contribution in [2.45, 2.75) is 19.6 Å². The maximum atomic E-state index is 12.6. The van der Waals surface area contributed by atoms with Crippen LogP contribution in [0.1, 0.15) is 5.69 Å². The third-order valence-electron chi connectivity index (χ3n) is 2.97. The van der Waals surface area contributed by atoms with Crippen molar-refractivity contribution < 1.29 is 22.8 Å². The summed E-state index contributed by atoms with van der Waals surface area (Å²) >= 11 is 0. The largest absolute Gasteiger partial charge is 0.490 e. The predicted octanol–water partition coefficient (Wildman–Crippen LogP) is 3.43. The van der Waals surface area contributed by atoms with Gasteiger partial charge < -0.3 is 9.30 Å². The minimum absolute atomic E-state index is 0.0201. The van der Waals surface area contributed by atoms with E-state index in [-0.39, 0.29) is 22.3 Å². The third kappa shape index (κ3) is 2.40. The number of aryl methyl sites for hydroxylation is 1. The molecular formula is C12H11F3N2O3. The zero-order valence-corrected chi connectivity index (χ0v) is 10.7. The Hall–Kier alpha value is -2.25. The van der Waals surface area contributed by atoms with E-state index in [0.717, 1.165) is 4.57 Å². The maximum absolute atomic E-state index is 12.6. The van der Waals surface area contributed by atoms with Crippen LogP contribution in [0.4, 0.5) is 18.9 Å². The number of benzene rings is 1. The minimum atomic E-state index is -4.40. The second-order valence-corrected chi connectivity index (χ2v) is 4.29. The molecule has 2 rings (SSSR count). The van der Waals surface area contributed by atoms with Gasteiger partial charge in [-0.1, -0.05) is 0 Å². The lowest BCUT2D eigenvalue weighted by Gasteiger charge is -2.11. The Morgan fingerprint density at radius 3 is 2.55 bits per heavy atom. The van der Waals surface area contributed by atoms with Crippen molar-refractivity contribution in [3.63, 3.8) is 0 Å². The number of nitro groups is 1. The second-order valence-electron chi connectivity index (χ2n) is 4.29. The summed E-state index contributed by atoms with van der Waals surface area (Å²) in [6, 6.07) is 4.05. The van der Waals surface area contributed by atoms with Gasteiger partial charge in [0.15, 0.2) is 5.75 Å². The Labute approximate surface area is 111 Å². The number of hydrogen-bond acceptors (Lipinski definition) is 3. The third-order valence-corrected chi connectivity index (χ3v) is 2.97. The van der Waals surface area contributed by atoms with Gasteiger partial charge in [0.05, 0.1) is 22.9 Å². The van der Waals surface area contributed by atoms with Crippen molar-refractivity contribution in [3.8, 4) is 5.75 Å². The van der Waals surface area contributed by atoms with Crippen molar-refractivity contribution in [3.05, 3.63) is 34.0 Å². The Morgan fingerprint density at radius 1 is 1.40 bits per heavy atom. The van der Waals surface area contributed by atoms with Crippen LogP contribution in [-0.4, -0.2) is 22.8 Å². The highest BCUT2D eigenvalue weighted by atomic mass is 19.4. The summed E-state index contributed by atoms with van der Waals surface area (Å²) in [6.45, 7) is 0.285. The number of ether oxygens (including phenoxy) is 1. The van der Waals surface area contributed by atoms with Crippen LogP contribution in [-0.2, 0) is 6.54 Å². The second kappa shape index (κ2) is 4.69. The van der Waals surface area contributed by atoms with Crippen molar-refractivity contribution in [2.24, 2.45) is 0 Å². The van der Waals surface area contributed by atoms with Gasteiger partial charge in [0.25, 0.3) is 0 Å². The normalized spacial score (nSPS) is 11.8. The first-order valence-electron chi connectivity index (χ1n) is 5.62. The molecule has 8 heteroatoms. The molecular weight excluding hydrogens is 277 g/mol. The fourth-order valence-corrected chi connectivity index (χ4v) is 2.17. The van der Waals surface area contributed by atoms with Gasteiger partial charge in [0.2, 0.25) is 0 Å². The molecule has 0 radical (unpaired) electrons. The van der Waals surface area contributed by atoms with E-state index in [0.29, 0.717) is 5.69 Å². The van der Waals surface area contributed by atoms with E-state index in [1.807, 2.05) is 0 Å². The molecule has 1 aromatic carbocycles. The molecule has 0 N–H and O–H groups in total.